The minimum atomic E-state index is -1.05. The van der Waals surface area contributed by atoms with E-state index in [2.05, 4.69) is 5.10 Å². The number of nitro benzene ring substituents is 1. The lowest BCUT2D eigenvalue weighted by molar-refractivity contribution is -0.385. The Bertz CT molecular complexity index is 1050. The monoisotopic (exact) mass is 417 g/mol. The van der Waals surface area contributed by atoms with Crippen LogP contribution in [-0.4, -0.2) is 34.8 Å². The first kappa shape index (κ1) is 20.7. The molecule has 156 valence electrons. The summed E-state index contributed by atoms with van der Waals surface area (Å²) < 4.78 is 29.3. The van der Waals surface area contributed by atoms with Crippen molar-refractivity contribution in [2.45, 2.75) is 20.1 Å². The molecule has 1 atom stereocenters. The average molecular weight is 417 g/mol. The SMILES string of the molecule is COc1cc([N+](=O)[O-])cc(C2=NN(C(C)=O)C(c3ccc(F)cc3)O2)c1OC(C)=O. The summed E-state index contributed by atoms with van der Waals surface area (Å²) in [6, 6.07) is 7.37. The lowest BCUT2D eigenvalue weighted by Crippen LogP contribution is -2.25. The minimum absolute atomic E-state index is 0.0629. The summed E-state index contributed by atoms with van der Waals surface area (Å²) in [5.74, 6) is -2.14. The van der Waals surface area contributed by atoms with Crippen molar-refractivity contribution in [3.05, 3.63) is 63.5 Å². The van der Waals surface area contributed by atoms with E-state index < -0.39 is 28.8 Å². The second-order valence-electron chi connectivity index (χ2n) is 6.17. The third-order valence-electron chi connectivity index (χ3n) is 4.07. The van der Waals surface area contributed by atoms with Crippen molar-refractivity contribution >= 4 is 23.5 Å². The number of nitro groups is 1. The normalized spacial score (nSPS) is 15.3. The Morgan fingerprint density at radius 3 is 2.43 bits per heavy atom. The molecule has 1 amide bonds. The van der Waals surface area contributed by atoms with Gasteiger partial charge in [-0.25, -0.2) is 4.39 Å². The summed E-state index contributed by atoms with van der Waals surface area (Å²) in [6.07, 6.45) is -1.05. The Morgan fingerprint density at radius 1 is 1.23 bits per heavy atom. The van der Waals surface area contributed by atoms with Gasteiger partial charge in [0, 0.05) is 25.5 Å². The number of hydrazone groups is 1. The first-order valence-electron chi connectivity index (χ1n) is 8.57. The van der Waals surface area contributed by atoms with E-state index >= 15 is 0 Å². The number of rotatable bonds is 5. The van der Waals surface area contributed by atoms with E-state index in [1.807, 2.05) is 0 Å². The molecule has 0 fully saturated rings. The predicted molar refractivity (Wildman–Crippen MR) is 100 cm³/mol. The summed E-state index contributed by atoms with van der Waals surface area (Å²) in [5, 5.41) is 16.4. The van der Waals surface area contributed by atoms with Crippen molar-refractivity contribution in [2.75, 3.05) is 7.11 Å². The first-order chi connectivity index (χ1) is 14.2. The molecule has 0 saturated heterocycles. The smallest absolute Gasteiger partial charge is 0.308 e. The molecule has 0 aromatic heterocycles. The van der Waals surface area contributed by atoms with E-state index in [-0.39, 0.29) is 28.6 Å². The number of carbonyl (C=O) groups excluding carboxylic acids is 2. The number of amides is 1. The van der Waals surface area contributed by atoms with E-state index in [4.69, 9.17) is 14.2 Å². The lowest BCUT2D eigenvalue weighted by atomic mass is 10.1. The fraction of sp³-hybridized carbons (Fsp3) is 0.211. The summed E-state index contributed by atoms with van der Waals surface area (Å²) in [4.78, 5) is 34.3. The zero-order valence-corrected chi connectivity index (χ0v) is 16.1. The number of hydrogen-bond donors (Lipinski definition) is 0. The van der Waals surface area contributed by atoms with Gasteiger partial charge in [0.2, 0.25) is 18.0 Å². The van der Waals surface area contributed by atoms with Crippen LogP contribution in [-0.2, 0) is 14.3 Å². The van der Waals surface area contributed by atoms with Gasteiger partial charge in [-0.2, -0.15) is 5.01 Å². The van der Waals surface area contributed by atoms with Crippen LogP contribution in [0.15, 0.2) is 41.5 Å². The van der Waals surface area contributed by atoms with Crippen LogP contribution in [0.2, 0.25) is 0 Å². The maximum Gasteiger partial charge on any atom is 0.308 e. The Hall–Kier alpha value is -4.02. The molecule has 0 radical (unpaired) electrons. The van der Waals surface area contributed by atoms with Crippen LogP contribution in [0.1, 0.15) is 31.2 Å². The topological polar surface area (TPSA) is 121 Å². The molecule has 2 aromatic rings. The van der Waals surface area contributed by atoms with Gasteiger partial charge in [-0.05, 0) is 12.1 Å². The maximum absolute atomic E-state index is 13.3. The summed E-state index contributed by atoms with van der Waals surface area (Å²) in [7, 11) is 1.25. The number of hydrogen-bond acceptors (Lipinski definition) is 8. The molecule has 30 heavy (non-hydrogen) atoms. The summed E-state index contributed by atoms with van der Waals surface area (Å²) in [5.41, 5.74) is -0.0208. The number of esters is 1. The quantitative estimate of drug-likeness (QED) is 0.317. The predicted octanol–water partition coefficient (Wildman–Crippen LogP) is 2.91. The lowest BCUT2D eigenvalue weighted by Gasteiger charge is -2.19. The molecule has 0 saturated carbocycles. The van der Waals surface area contributed by atoms with Gasteiger partial charge in [-0.3, -0.25) is 19.7 Å². The molecule has 1 aliphatic rings. The molecule has 1 heterocycles. The maximum atomic E-state index is 13.3. The van der Waals surface area contributed by atoms with Crippen molar-refractivity contribution in [2.24, 2.45) is 5.10 Å². The van der Waals surface area contributed by atoms with Crippen molar-refractivity contribution in [3.8, 4) is 11.5 Å². The molecule has 0 aliphatic carbocycles. The highest BCUT2D eigenvalue weighted by Crippen LogP contribution is 2.39. The van der Waals surface area contributed by atoms with Crippen molar-refractivity contribution < 1.29 is 33.1 Å². The molecule has 3 rings (SSSR count). The van der Waals surface area contributed by atoms with Crippen LogP contribution in [0.3, 0.4) is 0 Å². The molecule has 0 bridgehead atoms. The largest absolute Gasteiger partial charge is 0.493 e. The van der Waals surface area contributed by atoms with Gasteiger partial charge in [0.15, 0.2) is 11.5 Å². The van der Waals surface area contributed by atoms with Crippen LogP contribution in [0.4, 0.5) is 10.1 Å². The molecule has 1 unspecified atom stereocenters. The van der Waals surface area contributed by atoms with Gasteiger partial charge in [0.25, 0.3) is 5.69 Å². The van der Waals surface area contributed by atoms with Crippen molar-refractivity contribution in [1.29, 1.82) is 0 Å². The fourth-order valence-corrected chi connectivity index (χ4v) is 2.77. The highest BCUT2D eigenvalue weighted by Gasteiger charge is 2.36. The number of nitrogens with zero attached hydrogens (tertiary/aromatic N) is 3. The molecular weight excluding hydrogens is 401 g/mol. The molecule has 11 heteroatoms. The second kappa shape index (κ2) is 8.15. The summed E-state index contributed by atoms with van der Waals surface area (Å²) in [6.45, 7) is 2.39. The van der Waals surface area contributed by atoms with Crippen LogP contribution in [0.25, 0.3) is 0 Å². The number of halogens is 1. The van der Waals surface area contributed by atoms with Crippen LogP contribution < -0.4 is 9.47 Å². The fourth-order valence-electron chi connectivity index (χ4n) is 2.77. The van der Waals surface area contributed by atoms with Gasteiger partial charge in [0.1, 0.15) is 5.82 Å². The summed E-state index contributed by atoms with van der Waals surface area (Å²) >= 11 is 0. The van der Waals surface area contributed by atoms with Gasteiger partial charge in [-0.1, -0.05) is 12.1 Å². The Balaban J connectivity index is 2.13. The van der Waals surface area contributed by atoms with Gasteiger partial charge >= 0.3 is 5.97 Å². The van der Waals surface area contributed by atoms with Crippen molar-refractivity contribution in [3.63, 3.8) is 0 Å². The second-order valence-corrected chi connectivity index (χ2v) is 6.17. The van der Waals surface area contributed by atoms with Gasteiger partial charge in [-0.15, -0.1) is 5.10 Å². The standard InChI is InChI=1S/C19H16FN3O7/c1-10(24)22-19(12-4-6-13(20)7-5-12)30-18(21-22)15-8-14(23(26)27)9-16(28-3)17(15)29-11(2)25/h4-9,19H,1-3H3. The van der Waals surface area contributed by atoms with Crippen LogP contribution in [0, 0.1) is 15.9 Å². The number of non-ortho nitro benzene ring substituents is 1. The van der Waals surface area contributed by atoms with Gasteiger partial charge < -0.3 is 14.2 Å². The molecular formula is C19H16FN3O7. The van der Waals surface area contributed by atoms with Gasteiger partial charge in [0.05, 0.1) is 23.7 Å². The molecule has 2 aromatic carbocycles. The molecule has 10 nitrogen and oxygen atoms in total. The van der Waals surface area contributed by atoms with E-state index in [1.54, 1.807) is 0 Å². The third-order valence-corrected chi connectivity index (χ3v) is 4.07. The van der Waals surface area contributed by atoms with E-state index in [0.717, 1.165) is 24.1 Å². The Morgan fingerprint density at radius 2 is 1.90 bits per heavy atom. The van der Waals surface area contributed by atoms with E-state index in [9.17, 15) is 24.1 Å². The number of benzene rings is 2. The van der Waals surface area contributed by atoms with E-state index in [1.165, 1.54) is 38.3 Å². The zero-order chi connectivity index (χ0) is 22.0. The molecule has 1 aliphatic heterocycles. The number of carbonyl (C=O) groups is 2. The van der Waals surface area contributed by atoms with Crippen LogP contribution >= 0.6 is 0 Å². The van der Waals surface area contributed by atoms with E-state index in [0.29, 0.717) is 5.56 Å². The van der Waals surface area contributed by atoms with Crippen molar-refractivity contribution in [1.82, 2.24) is 5.01 Å². The highest BCUT2D eigenvalue weighted by atomic mass is 19.1. The highest BCUT2D eigenvalue weighted by molar-refractivity contribution is 6.01. The zero-order valence-electron chi connectivity index (χ0n) is 16.1. The van der Waals surface area contributed by atoms with Crippen LogP contribution in [0.5, 0.6) is 11.5 Å². The molecule has 0 spiro atoms. The number of methoxy groups -OCH3 is 1. The third kappa shape index (κ3) is 4.04. The number of ether oxygens (including phenoxy) is 3. The average Bonchev–Trinajstić information content (AvgIpc) is 3.13. The molecule has 0 N–H and O–H groups in total. The minimum Gasteiger partial charge on any atom is -0.493 e. The Kier molecular flexibility index (Phi) is 5.63. The Labute approximate surface area is 169 Å². The first-order valence-corrected chi connectivity index (χ1v) is 8.57.